The Morgan fingerprint density at radius 2 is 1.41 bits per heavy atom. The molecule has 0 unspecified atom stereocenters. The minimum absolute atomic E-state index is 0.947. The van der Waals surface area contributed by atoms with Crippen LogP contribution in [0.1, 0.15) is 5.56 Å². The fraction of sp³-hybridized carbons (Fsp3) is 0.0323. The Morgan fingerprint density at radius 1 is 0.618 bits per heavy atom. The molecular formula is C31H18OS2. The molecule has 34 heavy (non-hydrogen) atoms. The zero-order chi connectivity index (χ0) is 22.4. The highest BCUT2D eigenvalue weighted by molar-refractivity contribution is 7.26. The molecule has 0 amide bonds. The van der Waals surface area contributed by atoms with E-state index < -0.39 is 0 Å². The molecule has 8 aromatic rings. The van der Waals surface area contributed by atoms with Crippen LogP contribution in [0.3, 0.4) is 0 Å². The maximum atomic E-state index is 6.53. The monoisotopic (exact) mass is 470 g/mol. The molecular weight excluding hydrogens is 452 g/mol. The largest absolute Gasteiger partial charge is 0.455 e. The SMILES string of the molecule is Cc1csc2cc(-c3cccc4c3sc3ccccc34)c3ccc4c5ccccc5oc4c3c12. The number of para-hydroxylation sites is 1. The molecule has 0 fully saturated rings. The first kappa shape index (κ1) is 18.7. The van der Waals surface area contributed by atoms with Gasteiger partial charge in [0.2, 0.25) is 0 Å². The molecule has 0 bridgehead atoms. The molecule has 0 saturated heterocycles. The summed E-state index contributed by atoms with van der Waals surface area (Å²) >= 11 is 3.71. The lowest BCUT2D eigenvalue weighted by atomic mass is 9.93. The number of aryl methyl sites for hydroxylation is 1. The summed E-state index contributed by atoms with van der Waals surface area (Å²) in [4.78, 5) is 0. The molecule has 5 aromatic carbocycles. The normalized spacial score (nSPS) is 12.3. The molecule has 0 N–H and O–H groups in total. The van der Waals surface area contributed by atoms with Crippen LogP contribution in [-0.4, -0.2) is 0 Å². The lowest BCUT2D eigenvalue weighted by Crippen LogP contribution is -1.85. The second kappa shape index (κ2) is 6.69. The van der Waals surface area contributed by atoms with Gasteiger partial charge >= 0.3 is 0 Å². The molecule has 1 nitrogen and oxygen atoms in total. The second-order valence-corrected chi connectivity index (χ2v) is 10.9. The maximum absolute atomic E-state index is 6.53. The van der Waals surface area contributed by atoms with Gasteiger partial charge in [0.25, 0.3) is 0 Å². The lowest BCUT2D eigenvalue weighted by Gasteiger charge is -2.11. The quantitative estimate of drug-likeness (QED) is 0.232. The Morgan fingerprint density at radius 3 is 2.35 bits per heavy atom. The van der Waals surface area contributed by atoms with Gasteiger partial charge in [-0.1, -0.05) is 60.7 Å². The molecule has 0 aliphatic carbocycles. The molecule has 0 spiro atoms. The Balaban J connectivity index is 1.59. The fourth-order valence-corrected chi connectivity index (χ4v) is 7.76. The van der Waals surface area contributed by atoms with E-state index in [1.165, 1.54) is 68.5 Å². The van der Waals surface area contributed by atoms with Crippen LogP contribution in [0.15, 0.2) is 94.7 Å². The number of fused-ring (bicyclic) bond motifs is 10. The highest BCUT2D eigenvalue weighted by Gasteiger charge is 2.19. The van der Waals surface area contributed by atoms with Gasteiger partial charge in [-0.25, -0.2) is 0 Å². The molecule has 0 atom stereocenters. The molecule has 0 aliphatic rings. The van der Waals surface area contributed by atoms with E-state index in [9.17, 15) is 0 Å². The van der Waals surface area contributed by atoms with Crippen molar-refractivity contribution in [1.82, 2.24) is 0 Å². The average molecular weight is 471 g/mol. The van der Waals surface area contributed by atoms with Gasteiger partial charge < -0.3 is 4.42 Å². The van der Waals surface area contributed by atoms with Crippen LogP contribution < -0.4 is 0 Å². The van der Waals surface area contributed by atoms with Crippen LogP contribution in [0.4, 0.5) is 0 Å². The van der Waals surface area contributed by atoms with E-state index in [4.69, 9.17) is 4.42 Å². The Labute approximate surface area is 203 Å². The average Bonchev–Trinajstić information content (AvgIpc) is 3.56. The van der Waals surface area contributed by atoms with E-state index in [2.05, 4.69) is 91.2 Å². The van der Waals surface area contributed by atoms with Crippen LogP contribution in [0, 0.1) is 6.92 Å². The third-order valence-corrected chi connectivity index (χ3v) is 9.33. The maximum Gasteiger partial charge on any atom is 0.143 e. The molecule has 0 radical (unpaired) electrons. The number of hydrogen-bond acceptors (Lipinski definition) is 3. The van der Waals surface area contributed by atoms with Gasteiger partial charge in [0.1, 0.15) is 11.2 Å². The summed E-state index contributed by atoms with van der Waals surface area (Å²) in [6, 6.07) is 30.8. The van der Waals surface area contributed by atoms with Crippen molar-refractivity contribution < 1.29 is 4.42 Å². The van der Waals surface area contributed by atoms with Gasteiger partial charge in [-0.3, -0.25) is 0 Å². The molecule has 0 aliphatic heterocycles. The van der Waals surface area contributed by atoms with Gasteiger partial charge in [0.15, 0.2) is 0 Å². The van der Waals surface area contributed by atoms with Crippen molar-refractivity contribution in [2.24, 2.45) is 0 Å². The van der Waals surface area contributed by atoms with Gasteiger partial charge in [-0.2, -0.15) is 0 Å². The number of thiophene rings is 2. The molecule has 3 heterocycles. The molecule has 3 aromatic heterocycles. The summed E-state index contributed by atoms with van der Waals surface area (Å²) in [7, 11) is 0. The Bertz CT molecular complexity index is 2080. The number of rotatable bonds is 1. The third kappa shape index (κ3) is 2.38. The van der Waals surface area contributed by atoms with E-state index in [-0.39, 0.29) is 0 Å². The van der Waals surface area contributed by atoms with Crippen molar-refractivity contribution in [3.8, 4) is 11.1 Å². The summed E-state index contributed by atoms with van der Waals surface area (Å²) in [5.41, 5.74) is 5.83. The minimum Gasteiger partial charge on any atom is -0.455 e. The zero-order valence-electron chi connectivity index (χ0n) is 18.4. The standard InChI is InChI=1S/C31H18OS2/c1-17-16-33-27-15-24(23-10-6-9-22-19-8-3-5-12-26(19)34-31(22)23)20-13-14-21-18-7-2-4-11-25(18)32-30(21)29(20)28(17)27/h2-16H,1H3. The van der Waals surface area contributed by atoms with Gasteiger partial charge in [0, 0.05) is 52.0 Å². The fourth-order valence-electron chi connectivity index (χ4n) is 5.54. The van der Waals surface area contributed by atoms with Crippen molar-refractivity contribution in [2.45, 2.75) is 6.92 Å². The molecule has 160 valence electrons. The van der Waals surface area contributed by atoms with E-state index in [0.717, 1.165) is 11.2 Å². The zero-order valence-corrected chi connectivity index (χ0v) is 20.0. The summed E-state index contributed by atoms with van der Waals surface area (Å²) in [6.45, 7) is 2.21. The van der Waals surface area contributed by atoms with Crippen LogP contribution in [-0.2, 0) is 0 Å². The van der Waals surface area contributed by atoms with E-state index in [0.29, 0.717) is 0 Å². The first-order valence-corrected chi connectivity index (χ1v) is 13.1. The topological polar surface area (TPSA) is 13.1 Å². The number of benzene rings is 5. The smallest absolute Gasteiger partial charge is 0.143 e. The van der Waals surface area contributed by atoms with E-state index in [1.54, 1.807) is 0 Å². The van der Waals surface area contributed by atoms with Crippen molar-refractivity contribution in [3.05, 3.63) is 95.9 Å². The highest BCUT2D eigenvalue weighted by atomic mass is 32.1. The summed E-state index contributed by atoms with van der Waals surface area (Å²) in [5, 5.41) is 11.1. The minimum atomic E-state index is 0.947. The number of furan rings is 1. The van der Waals surface area contributed by atoms with Gasteiger partial charge in [-0.05, 0) is 53.1 Å². The highest BCUT2D eigenvalue weighted by Crippen LogP contribution is 2.47. The van der Waals surface area contributed by atoms with Crippen LogP contribution >= 0.6 is 22.7 Å². The first-order chi connectivity index (χ1) is 16.8. The van der Waals surface area contributed by atoms with Crippen molar-refractivity contribution in [1.29, 1.82) is 0 Å². The van der Waals surface area contributed by atoms with E-state index in [1.807, 2.05) is 28.7 Å². The molecule has 8 rings (SSSR count). The van der Waals surface area contributed by atoms with Crippen LogP contribution in [0.25, 0.3) is 74.1 Å². The first-order valence-electron chi connectivity index (χ1n) is 11.4. The van der Waals surface area contributed by atoms with Crippen LogP contribution in [0.5, 0.6) is 0 Å². The summed E-state index contributed by atoms with van der Waals surface area (Å²) in [6.07, 6.45) is 0. The number of hydrogen-bond donors (Lipinski definition) is 0. The van der Waals surface area contributed by atoms with Crippen molar-refractivity contribution >= 4 is 85.6 Å². The summed E-state index contributed by atoms with van der Waals surface area (Å²) in [5.74, 6) is 0. The predicted molar refractivity (Wildman–Crippen MR) is 150 cm³/mol. The predicted octanol–water partition coefficient (Wildman–Crippen LogP) is 10.3. The molecule has 3 heteroatoms. The lowest BCUT2D eigenvalue weighted by molar-refractivity contribution is 0.673. The Kier molecular flexibility index (Phi) is 3.69. The van der Waals surface area contributed by atoms with Crippen molar-refractivity contribution in [3.63, 3.8) is 0 Å². The third-order valence-electron chi connectivity index (χ3n) is 7.06. The van der Waals surface area contributed by atoms with Crippen molar-refractivity contribution in [2.75, 3.05) is 0 Å². The molecule has 0 saturated carbocycles. The summed E-state index contributed by atoms with van der Waals surface area (Å²) < 4.78 is 10.5. The van der Waals surface area contributed by atoms with Gasteiger partial charge in [0.05, 0.1) is 0 Å². The second-order valence-electron chi connectivity index (χ2n) is 8.96. The van der Waals surface area contributed by atoms with Gasteiger partial charge in [-0.15, -0.1) is 22.7 Å². The Hall–Kier alpha value is -3.66. The van der Waals surface area contributed by atoms with E-state index >= 15 is 0 Å². The van der Waals surface area contributed by atoms with Crippen LogP contribution in [0.2, 0.25) is 0 Å².